The summed E-state index contributed by atoms with van der Waals surface area (Å²) in [5.74, 6) is -0.0817. The molecule has 0 fully saturated rings. The van der Waals surface area contributed by atoms with Crippen LogP contribution in [-0.4, -0.2) is 48.5 Å². The molecule has 3 N–H and O–H groups in total. The molecule has 0 aromatic carbocycles. The highest BCUT2D eigenvalue weighted by atomic mass is 32.1. The molecule has 0 aliphatic heterocycles. The summed E-state index contributed by atoms with van der Waals surface area (Å²) in [4.78, 5) is 18.4. The first-order valence-corrected chi connectivity index (χ1v) is 8.05. The first kappa shape index (κ1) is 17.1. The van der Waals surface area contributed by atoms with Crippen LogP contribution in [0.25, 0.3) is 0 Å². The topological polar surface area (TPSA) is 71.2 Å². The van der Waals surface area contributed by atoms with Crippen LogP contribution in [0, 0.1) is 0 Å². The van der Waals surface area contributed by atoms with Gasteiger partial charge in [0.05, 0.1) is 5.01 Å². The zero-order valence-electron chi connectivity index (χ0n) is 12.7. The van der Waals surface area contributed by atoms with Gasteiger partial charge in [-0.25, -0.2) is 4.98 Å². The maximum absolute atomic E-state index is 11.9. The zero-order valence-corrected chi connectivity index (χ0v) is 13.5. The van der Waals surface area contributed by atoms with Crippen LogP contribution in [0.2, 0.25) is 0 Å². The minimum Gasteiger partial charge on any atom is -0.351 e. The average molecular weight is 298 g/mol. The number of nitrogens with zero attached hydrogens (tertiary/aromatic N) is 2. The van der Waals surface area contributed by atoms with Gasteiger partial charge in [-0.1, -0.05) is 0 Å². The second-order valence-corrected chi connectivity index (χ2v) is 6.15. The van der Waals surface area contributed by atoms with E-state index >= 15 is 0 Å². The van der Waals surface area contributed by atoms with Crippen molar-refractivity contribution >= 4 is 17.2 Å². The Morgan fingerprint density at radius 3 is 2.90 bits per heavy atom. The molecule has 1 amide bonds. The number of hydrogen-bond acceptors (Lipinski definition) is 5. The molecule has 0 saturated heterocycles. The van der Waals surface area contributed by atoms with E-state index in [0.29, 0.717) is 24.8 Å². The van der Waals surface area contributed by atoms with Gasteiger partial charge in [0.15, 0.2) is 0 Å². The van der Waals surface area contributed by atoms with E-state index in [9.17, 15) is 4.79 Å². The number of aromatic nitrogens is 1. The first-order chi connectivity index (χ1) is 9.54. The standard InChI is InChI=1S/C14H26N4OS/c1-11(2)18(3)9-5-4-8-16-14(19)12-10-20-13(17-12)6-7-15/h10-11H,4-9,15H2,1-3H3,(H,16,19). The molecule has 0 radical (unpaired) electrons. The van der Waals surface area contributed by atoms with E-state index in [1.807, 2.05) is 0 Å². The second-order valence-electron chi connectivity index (χ2n) is 5.20. The van der Waals surface area contributed by atoms with Gasteiger partial charge < -0.3 is 16.0 Å². The minimum absolute atomic E-state index is 0.0817. The molecule has 0 spiro atoms. The van der Waals surface area contributed by atoms with Gasteiger partial charge in [0, 0.05) is 24.4 Å². The van der Waals surface area contributed by atoms with Crippen molar-refractivity contribution in [1.29, 1.82) is 0 Å². The number of hydrogen-bond donors (Lipinski definition) is 2. The van der Waals surface area contributed by atoms with Gasteiger partial charge in [0.25, 0.3) is 5.91 Å². The molecule has 1 aromatic heterocycles. The van der Waals surface area contributed by atoms with Crippen molar-refractivity contribution in [3.8, 4) is 0 Å². The monoisotopic (exact) mass is 298 g/mol. The van der Waals surface area contributed by atoms with Crippen LogP contribution in [0.4, 0.5) is 0 Å². The second kappa shape index (κ2) is 9.05. The van der Waals surface area contributed by atoms with Gasteiger partial charge >= 0.3 is 0 Å². The van der Waals surface area contributed by atoms with Gasteiger partial charge in [0.2, 0.25) is 0 Å². The number of amides is 1. The molecule has 6 heteroatoms. The van der Waals surface area contributed by atoms with E-state index in [4.69, 9.17) is 5.73 Å². The normalized spacial score (nSPS) is 11.3. The molecule has 1 aromatic rings. The fraction of sp³-hybridized carbons (Fsp3) is 0.714. The summed E-state index contributed by atoms with van der Waals surface area (Å²) in [7, 11) is 2.12. The van der Waals surface area contributed by atoms with Crippen LogP contribution in [-0.2, 0) is 6.42 Å². The smallest absolute Gasteiger partial charge is 0.270 e. The van der Waals surface area contributed by atoms with Crippen LogP contribution in [0.3, 0.4) is 0 Å². The molecule has 0 aliphatic carbocycles. The van der Waals surface area contributed by atoms with E-state index in [0.717, 1.165) is 30.8 Å². The highest BCUT2D eigenvalue weighted by Gasteiger charge is 2.09. The molecule has 1 heterocycles. The molecule has 0 unspecified atom stereocenters. The van der Waals surface area contributed by atoms with Crippen molar-refractivity contribution in [2.24, 2.45) is 5.73 Å². The van der Waals surface area contributed by atoms with Crippen molar-refractivity contribution < 1.29 is 4.79 Å². The third-order valence-electron chi connectivity index (χ3n) is 3.25. The van der Waals surface area contributed by atoms with Gasteiger partial charge in [-0.2, -0.15) is 0 Å². The summed E-state index contributed by atoms with van der Waals surface area (Å²) in [6.07, 6.45) is 2.81. The third kappa shape index (κ3) is 5.98. The van der Waals surface area contributed by atoms with Crippen LogP contribution < -0.4 is 11.1 Å². The van der Waals surface area contributed by atoms with Gasteiger partial charge in [-0.15, -0.1) is 11.3 Å². The Balaban J connectivity index is 2.19. The largest absolute Gasteiger partial charge is 0.351 e. The van der Waals surface area contributed by atoms with Crippen LogP contribution in [0.1, 0.15) is 42.2 Å². The molecule has 0 aliphatic rings. The Kier molecular flexibility index (Phi) is 7.72. The molecular weight excluding hydrogens is 272 g/mol. The average Bonchev–Trinajstić information content (AvgIpc) is 2.87. The lowest BCUT2D eigenvalue weighted by Gasteiger charge is -2.20. The number of rotatable bonds is 9. The molecule has 0 saturated carbocycles. The number of nitrogens with two attached hydrogens (primary N) is 1. The van der Waals surface area contributed by atoms with E-state index in [2.05, 4.69) is 36.1 Å². The van der Waals surface area contributed by atoms with Gasteiger partial charge in [0.1, 0.15) is 5.69 Å². The Morgan fingerprint density at radius 2 is 2.25 bits per heavy atom. The highest BCUT2D eigenvalue weighted by Crippen LogP contribution is 2.09. The van der Waals surface area contributed by atoms with Crippen LogP contribution in [0.15, 0.2) is 5.38 Å². The molecule has 0 atom stereocenters. The number of carbonyl (C=O) groups excluding carboxylic acids is 1. The van der Waals surface area contributed by atoms with Crippen molar-refractivity contribution in [3.05, 3.63) is 16.1 Å². The summed E-state index contributed by atoms with van der Waals surface area (Å²) in [5.41, 5.74) is 5.98. The van der Waals surface area contributed by atoms with E-state index in [-0.39, 0.29) is 5.91 Å². The quantitative estimate of drug-likeness (QED) is 0.678. The van der Waals surface area contributed by atoms with Gasteiger partial charge in [-0.3, -0.25) is 4.79 Å². The number of thiazole rings is 1. The fourth-order valence-corrected chi connectivity index (χ4v) is 2.48. The minimum atomic E-state index is -0.0817. The lowest BCUT2D eigenvalue weighted by atomic mass is 10.2. The molecular formula is C14H26N4OS. The number of nitrogens with one attached hydrogen (secondary N) is 1. The van der Waals surface area contributed by atoms with E-state index in [1.54, 1.807) is 5.38 Å². The maximum Gasteiger partial charge on any atom is 0.270 e. The predicted octanol–water partition coefficient (Wildman–Crippen LogP) is 1.49. The SMILES string of the molecule is CC(C)N(C)CCCCNC(=O)c1csc(CCN)n1. The number of unbranched alkanes of at least 4 members (excludes halogenated alkanes) is 1. The van der Waals surface area contributed by atoms with Crippen LogP contribution in [0.5, 0.6) is 0 Å². The van der Waals surface area contributed by atoms with Crippen molar-refractivity contribution in [1.82, 2.24) is 15.2 Å². The zero-order chi connectivity index (χ0) is 15.0. The molecule has 114 valence electrons. The lowest BCUT2D eigenvalue weighted by molar-refractivity contribution is 0.0948. The summed E-state index contributed by atoms with van der Waals surface area (Å²) in [6, 6.07) is 0.570. The van der Waals surface area contributed by atoms with Gasteiger partial charge in [-0.05, 0) is 46.8 Å². The molecule has 20 heavy (non-hydrogen) atoms. The Morgan fingerprint density at radius 1 is 1.50 bits per heavy atom. The molecule has 0 bridgehead atoms. The van der Waals surface area contributed by atoms with Crippen LogP contribution >= 0.6 is 11.3 Å². The molecule has 1 rings (SSSR count). The molecule has 5 nitrogen and oxygen atoms in total. The number of carbonyl (C=O) groups is 1. The van der Waals surface area contributed by atoms with Crippen molar-refractivity contribution in [2.45, 2.75) is 39.2 Å². The fourth-order valence-electron chi connectivity index (χ4n) is 1.69. The summed E-state index contributed by atoms with van der Waals surface area (Å²) in [5, 5.41) is 5.64. The first-order valence-electron chi connectivity index (χ1n) is 7.17. The van der Waals surface area contributed by atoms with E-state index < -0.39 is 0 Å². The Hall–Kier alpha value is -0.980. The predicted molar refractivity (Wildman–Crippen MR) is 84.2 cm³/mol. The Labute approximate surface area is 125 Å². The summed E-state index contributed by atoms with van der Waals surface area (Å²) < 4.78 is 0. The van der Waals surface area contributed by atoms with Crippen molar-refractivity contribution in [3.63, 3.8) is 0 Å². The lowest BCUT2D eigenvalue weighted by Crippen LogP contribution is -2.29. The summed E-state index contributed by atoms with van der Waals surface area (Å²) >= 11 is 1.49. The summed E-state index contributed by atoms with van der Waals surface area (Å²) in [6.45, 7) is 6.70. The maximum atomic E-state index is 11.9. The third-order valence-corrected chi connectivity index (χ3v) is 4.16. The highest BCUT2D eigenvalue weighted by molar-refractivity contribution is 7.09. The van der Waals surface area contributed by atoms with Crippen molar-refractivity contribution in [2.75, 3.05) is 26.7 Å². The van der Waals surface area contributed by atoms with E-state index in [1.165, 1.54) is 11.3 Å². The Bertz CT molecular complexity index is 406.